The van der Waals surface area contributed by atoms with Crippen LogP contribution >= 0.6 is 0 Å². The van der Waals surface area contributed by atoms with Crippen LogP contribution < -0.4 is 4.74 Å². The minimum Gasteiger partial charge on any atom is -0.487 e. The van der Waals surface area contributed by atoms with Crippen molar-refractivity contribution in [1.82, 2.24) is 5.16 Å². The molecule has 1 aromatic heterocycles. The summed E-state index contributed by atoms with van der Waals surface area (Å²) in [6.07, 6.45) is 0. The molecule has 0 atom stereocenters. The van der Waals surface area contributed by atoms with Crippen LogP contribution in [0.4, 0.5) is 0 Å². The number of ether oxygens (including phenoxy) is 1. The number of aryl methyl sites for hydroxylation is 2. The van der Waals surface area contributed by atoms with Gasteiger partial charge < -0.3 is 9.26 Å². The third kappa shape index (κ3) is 2.59. The molecule has 0 bridgehead atoms. The molecule has 0 saturated carbocycles. The van der Waals surface area contributed by atoms with Crippen molar-refractivity contribution in [2.24, 2.45) is 0 Å². The van der Waals surface area contributed by atoms with E-state index < -0.39 is 0 Å². The Labute approximate surface area is 88.7 Å². The Morgan fingerprint density at radius 2 is 2.13 bits per heavy atom. The van der Waals surface area contributed by atoms with Crippen molar-refractivity contribution in [3.05, 3.63) is 47.3 Å². The van der Waals surface area contributed by atoms with Crippen LogP contribution in [-0.2, 0) is 6.61 Å². The van der Waals surface area contributed by atoms with Crippen molar-refractivity contribution in [3.63, 3.8) is 0 Å². The van der Waals surface area contributed by atoms with Gasteiger partial charge in [0.05, 0.1) is 0 Å². The monoisotopic (exact) mass is 203 g/mol. The first kappa shape index (κ1) is 9.77. The third-order valence-electron chi connectivity index (χ3n) is 2.05. The van der Waals surface area contributed by atoms with Gasteiger partial charge in [-0.1, -0.05) is 17.3 Å². The van der Waals surface area contributed by atoms with Gasteiger partial charge in [0, 0.05) is 6.07 Å². The number of rotatable bonds is 3. The van der Waals surface area contributed by atoms with Crippen LogP contribution in [-0.4, -0.2) is 5.16 Å². The fourth-order valence-electron chi connectivity index (χ4n) is 1.35. The molecule has 0 spiro atoms. The van der Waals surface area contributed by atoms with Crippen molar-refractivity contribution < 1.29 is 9.26 Å². The summed E-state index contributed by atoms with van der Waals surface area (Å²) in [7, 11) is 0. The molecular formula is C12H13NO2. The van der Waals surface area contributed by atoms with Crippen molar-refractivity contribution in [2.75, 3.05) is 0 Å². The van der Waals surface area contributed by atoms with Crippen LogP contribution in [0.1, 0.15) is 17.0 Å². The molecule has 15 heavy (non-hydrogen) atoms. The van der Waals surface area contributed by atoms with Crippen molar-refractivity contribution >= 4 is 0 Å². The fraction of sp³-hybridized carbons (Fsp3) is 0.250. The third-order valence-corrected chi connectivity index (χ3v) is 2.05. The summed E-state index contributed by atoms with van der Waals surface area (Å²) in [5, 5.41) is 3.85. The van der Waals surface area contributed by atoms with Crippen molar-refractivity contribution in [2.45, 2.75) is 20.5 Å². The van der Waals surface area contributed by atoms with Crippen LogP contribution in [0.3, 0.4) is 0 Å². The van der Waals surface area contributed by atoms with E-state index in [1.165, 1.54) is 5.56 Å². The lowest BCUT2D eigenvalue weighted by Gasteiger charge is -2.03. The molecule has 0 aliphatic carbocycles. The van der Waals surface area contributed by atoms with E-state index in [9.17, 15) is 0 Å². The first-order chi connectivity index (χ1) is 7.24. The van der Waals surface area contributed by atoms with E-state index in [2.05, 4.69) is 5.16 Å². The first-order valence-corrected chi connectivity index (χ1v) is 4.86. The molecule has 0 radical (unpaired) electrons. The summed E-state index contributed by atoms with van der Waals surface area (Å²) < 4.78 is 10.5. The van der Waals surface area contributed by atoms with Gasteiger partial charge in [0.2, 0.25) is 0 Å². The number of hydrogen-bond acceptors (Lipinski definition) is 3. The maximum Gasteiger partial charge on any atom is 0.134 e. The number of nitrogens with zero attached hydrogens (tertiary/aromatic N) is 1. The van der Waals surface area contributed by atoms with Gasteiger partial charge >= 0.3 is 0 Å². The predicted molar refractivity (Wildman–Crippen MR) is 56.8 cm³/mol. The largest absolute Gasteiger partial charge is 0.487 e. The van der Waals surface area contributed by atoms with Crippen LogP contribution in [0.2, 0.25) is 0 Å². The van der Waals surface area contributed by atoms with Gasteiger partial charge in [0.15, 0.2) is 0 Å². The Bertz CT molecular complexity index is 448. The molecule has 0 amide bonds. The highest BCUT2D eigenvalue weighted by Crippen LogP contribution is 2.14. The lowest BCUT2D eigenvalue weighted by atomic mass is 10.2. The van der Waals surface area contributed by atoms with E-state index in [-0.39, 0.29) is 0 Å². The molecule has 78 valence electrons. The fourth-order valence-corrected chi connectivity index (χ4v) is 1.35. The SMILES string of the molecule is Cc1cccc(OCc2cc(C)on2)c1. The second kappa shape index (κ2) is 4.17. The van der Waals surface area contributed by atoms with Gasteiger partial charge in [0.1, 0.15) is 23.8 Å². The average Bonchev–Trinajstić information content (AvgIpc) is 2.62. The maximum atomic E-state index is 5.56. The second-order valence-corrected chi connectivity index (χ2v) is 3.53. The minimum atomic E-state index is 0.445. The molecule has 1 aromatic carbocycles. The molecular weight excluding hydrogens is 190 g/mol. The number of aromatic nitrogens is 1. The molecule has 0 aliphatic rings. The summed E-state index contributed by atoms with van der Waals surface area (Å²) in [5.41, 5.74) is 2.00. The van der Waals surface area contributed by atoms with Gasteiger partial charge in [0.25, 0.3) is 0 Å². The highest BCUT2D eigenvalue weighted by Gasteiger charge is 2.01. The van der Waals surface area contributed by atoms with Gasteiger partial charge in [-0.2, -0.15) is 0 Å². The lowest BCUT2D eigenvalue weighted by Crippen LogP contribution is -1.95. The molecule has 1 heterocycles. The number of hydrogen-bond donors (Lipinski definition) is 0. The molecule has 0 unspecified atom stereocenters. The average molecular weight is 203 g/mol. The molecule has 0 saturated heterocycles. The molecule has 3 nitrogen and oxygen atoms in total. The van der Waals surface area contributed by atoms with E-state index in [4.69, 9.17) is 9.26 Å². The molecule has 0 aliphatic heterocycles. The quantitative estimate of drug-likeness (QED) is 0.769. The number of benzene rings is 1. The maximum absolute atomic E-state index is 5.56. The van der Waals surface area contributed by atoms with Crippen LogP contribution in [0.15, 0.2) is 34.9 Å². The Morgan fingerprint density at radius 3 is 2.80 bits per heavy atom. The van der Waals surface area contributed by atoms with Crippen molar-refractivity contribution in [1.29, 1.82) is 0 Å². The lowest BCUT2D eigenvalue weighted by molar-refractivity contribution is 0.287. The standard InChI is InChI=1S/C12H13NO2/c1-9-4-3-5-12(6-9)14-8-11-7-10(2)15-13-11/h3-7H,8H2,1-2H3. The van der Waals surface area contributed by atoms with Crippen LogP contribution in [0.5, 0.6) is 5.75 Å². The summed E-state index contributed by atoms with van der Waals surface area (Å²) in [4.78, 5) is 0. The van der Waals surface area contributed by atoms with Gasteiger partial charge in [-0.25, -0.2) is 0 Å². The zero-order chi connectivity index (χ0) is 10.7. The predicted octanol–water partition coefficient (Wildman–Crippen LogP) is 2.87. The summed E-state index contributed by atoms with van der Waals surface area (Å²) in [6, 6.07) is 9.80. The molecule has 0 N–H and O–H groups in total. The first-order valence-electron chi connectivity index (χ1n) is 4.86. The summed E-state index contributed by atoms with van der Waals surface area (Å²) in [5.74, 6) is 1.66. The van der Waals surface area contributed by atoms with Crippen molar-refractivity contribution in [3.8, 4) is 5.75 Å². The van der Waals surface area contributed by atoms with E-state index in [1.54, 1.807) is 0 Å². The van der Waals surface area contributed by atoms with E-state index in [1.807, 2.05) is 44.2 Å². The Morgan fingerprint density at radius 1 is 1.27 bits per heavy atom. The van der Waals surface area contributed by atoms with Crippen LogP contribution in [0, 0.1) is 13.8 Å². The highest BCUT2D eigenvalue weighted by atomic mass is 16.5. The van der Waals surface area contributed by atoms with E-state index in [0.29, 0.717) is 6.61 Å². The molecule has 2 aromatic rings. The molecule has 0 fully saturated rings. The Balaban J connectivity index is 1.99. The molecule has 3 heteroatoms. The van der Waals surface area contributed by atoms with Crippen LogP contribution in [0.25, 0.3) is 0 Å². The van der Waals surface area contributed by atoms with Gasteiger partial charge in [-0.3, -0.25) is 0 Å². The summed E-state index contributed by atoms with van der Waals surface area (Å²) in [6.45, 7) is 4.34. The minimum absolute atomic E-state index is 0.445. The van der Waals surface area contributed by atoms with Gasteiger partial charge in [-0.15, -0.1) is 0 Å². The topological polar surface area (TPSA) is 35.3 Å². The Kier molecular flexibility index (Phi) is 2.72. The van der Waals surface area contributed by atoms with Gasteiger partial charge in [-0.05, 0) is 31.5 Å². The Hall–Kier alpha value is -1.77. The summed E-state index contributed by atoms with van der Waals surface area (Å²) >= 11 is 0. The zero-order valence-corrected chi connectivity index (χ0v) is 8.86. The normalized spacial score (nSPS) is 10.3. The highest BCUT2D eigenvalue weighted by molar-refractivity contribution is 5.27. The smallest absolute Gasteiger partial charge is 0.134 e. The van der Waals surface area contributed by atoms with E-state index >= 15 is 0 Å². The zero-order valence-electron chi connectivity index (χ0n) is 8.86. The van der Waals surface area contributed by atoms with E-state index in [0.717, 1.165) is 17.2 Å². The second-order valence-electron chi connectivity index (χ2n) is 3.53. The molecule has 2 rings (SSSR count).